The van der Waals surface area contributed by atoms with Crippen LogP contribution in [0.4, 0.5) is 5.69 Å². The van der Waals surface area contributed by atoms with Gasteiger partial charge in [-0.05, 0) is 59.9 Å². The van der Waals surface area contributed by atoms with Crippen LogP contribution < -0.4 is 26.2 Å². The van der Waals surface area contributed by atoms with Crippen LogP contribution in [0.25, 0.3) is 33.1 Å². The lowest BCUT2D eigenvalue weighted by molar-refractivity contribution is -0.144. The van der Waals surface area contributed by atoms with Crippen molar-refractivity contribution in [3.63, 3.8) is 0 Å². The van der Waals surface area contributed by atoms with Crippen molar-refractivity contribution in [1.82, 2.24) is 40.3 Å². The third kappa shape index (κ3) is 13.7. The van der Waals surface area contributed by atoms with Crippen molar-refractivity contribution < 1.29 is 47.6 Å². The van der Waals surface area contributed by atoms with E-state index >= 15 is 0 Å². The van der Waals surface area contributed by atoms with Crippen LogP contribution in [0.1, 0.15) is 55.4 Å². The average Bonchev–Trinajstić information content (AvgIpc) is 4.09. The van der Waals surface area contributed by atoms with Gasteiger partial charge in [0.2, 0.25) is 23.6 Å². The molecule has 0 radical (unpaired) electrons. The standard InChI is InChI=1S/C49H57N9O11S/c1-30-43(70-29-52-30)32-8-6-31(7-9-32)26-51-46(63)39-25-34(59)28-58(39)48(64)44(49(2,3)4)55-41(60)16-17-65-18-19-66-20-21-67-22-23-68-35-11-12-36(50-27-35)45(62)53-33-10-14-40-38(24-33)54-47(69-40)37-13-15-42(61)57(5)56-37/h6-15,24,27,29,34,39,44,59H,16-23,25-26,28H2,1-5H3,(H,51,63)(H,53,62)(H,55,60)/t34-,39+,44-/m1/s1. The molecule has 20 nitrogen and oxygen atoms in total. The Labute approximate surface area is 407 Å². The first-order valence-corrected chi connectivity index (χ1v) is 23.6. The number of likely N-dealkylation sites (tertiary alicyclic amines) is 1. The molecule has 0 aliphatic carbocycles. The maximum Gasteiger partial charge on any atom is 0.274 e. The van der Waals surface area contributed by atoms with E-state index in [9.17, 15) is 29.1 Å². The summed E-state index contributed by atoms with van der Waals surface area (Å²) < 4.78 is 29.4. The molecule has 4 N–H and O–H groups in total. The number of aliphatic hydroxyl groups is 1. The molecular weight excluding hydrogens is 923 g/mol. The lowest BCUT2D eigenvalue weighted by atomic mass is 9.85. The third-order valence-corrected chi connectivity index (χ3v) is 12.2. The molecule has 1 saturated heterocycles. The van der Waals surface area contributed by atoms with Gasteiger partial charge >= 0.3 is 0 Å². The smallest absolute Gasteiger partial charge is 0.274 e. The number of benzene rings is 2. The van der Waals surface area contributed by atoms with Crippen LogP contribution in [0.2, 0.25) is 0 Å². The summed E-state index contributed by atoms with van der Waals surface area (Å²) in [6.45, 7) is 9.48. The summed E-state index contributed by atoms with van der Waals surface area (Å²) >= 11 is 1.57. The molecule has 7 rings (SSSR count). The minimum Gasteiger partial charge on any atom is -0.490 e. The van der Waals surface area contributed by atoms with Crippen LogP contribution in [0.3, 0.4) is 0 Å². The maximum absolute atomic E-state index is 13.9. The first kappa shape index (κ1) is 51.0. The van der Waals surface area contributed by atoms with Gasteiger partial charge in [-0.25, -0.2) is 19.6 Å². The van der Waals surface area contributed by atoms with Gasteiger partial charge in [0.15, 0.2) is 5.58 Å². The summed E-state index contributed by atoms with van der Waals surface area (Å²) in [7, 11) is 1.54. The van der Waals surface area contributed by atoms with Gasteiger partial charge in [-0.2, -0.15) is 5.10 Å². The van der Waals surface area contributed by atoms with E-state index in [4.69, 9.17) is 23.4 Å². The molecule has 0 bridgehead atoms. The second-order valence-corrected chi connectivity index (χ2v) is 18.4. The first-order chi connectivity index (χ1) is 33.6. The quantitative estimate of drug-likeness (QED) is 0.0693. The number of nitrogens with zero attached hydrogens (tertiary/aromatic N) is 6. The van der Waals surface area contributed by atoms with Gasteiger partial charge in [0, 0.05) is 44.7 Å². The van der Waals surface area contributed by atoms with Gasteiger partial charge in [0.25, 0.3) is 11.5 Å². The fraction of sp³-hybridized carbons (Fsp3) is 0.408. The monoisotopic (exact) mass is 979 g/mol. The van der Waals surface area contributed by atoms with Crippen LogP contribution in [-0.2, 0) is 42.2 Å². The summed E-state index contributed by atoms with van der Waals surface area (Å²) in [5.41, 5.74) is 5.80. The predicted molar refractivity (Wildman–Crippen MR) is 259 cm³/mol. The SMILES string of the molecule is Cc1ncsc1-c1ccc(CNC(=O)[C@@H]2C[C@@H](O)CN2C(=O)[C@@H](NC(=O)CCOCCOCCOCCOc2ccc(C(=O)Nc3ccc4oc(-c5ccc(=O)n(C)n5)nc4c3)nc2)C(C)(C)C)cc1. The molecule has 6 aromatic rings. The normalized spacial score (nSPS) is 15.2. The summed E-state index contributed by atoms with van der Waals surface area (Å²) in [5.74, 6) is -0.918. The van der Waals surface area contributed by atoms with Gasteiger partial charge in [-0.15, -0.1) is 11.3 Å². The lowest BCUT2D eigenvalue weighted by Gasteiger charge is -2.35. The number of carbonyl (C=O) groups is 4. The summed E-state index contributed by atoms with van der Waals surface area (Å²) in [6.07, 6.45) is 0.673. The Morgan fingerprint density at radius 2 is 1.64 bits per heavy atom. The highest BCUT2D eigenvalue weighted by Gasteiger charge is 2.44. The van der Waals surface area contributed by atoms with Gasteiger partial charge < -0.3 is 49.3 Å². The number of rotatable bonds is 22. The number of ether oxygens (including phenoxy) is 4. The number of amides is 4. The molecule has 1 aliphatic heterocycles. The van der Waals surface area contributed by atoms with Crippen molar-refractivity contribution in [2.45, 2.75) is 65.3 Å². The number of aromatic nitrogens is 5. The van der Waals surface area contributed by atoms with Crippen LogP contribution >= 0.6 is 11.3 Å². The number of thiazole rings is 1. The van der Waals surface area contributed by atoms with Crippen molar-refractivity contribution in [2.24, 2.45) is 12.5 Å². The van der Waals surface area contributed by atoms with Crippen LogP contribution in [0, 0.1) is 12.3 Å². The minimum absolute atomic E-state index is 0.00516. The van der Waals surface area contributed by atoms with E-state index in [-0.39, 0.29) is 87.9 Å². The summed E-state index contributed by atoms with van der Waals surface area (Å²) in [4.78, 5) is 80.3. The molecule has 21 heteroatoms. The van der Waals surface area contributed by atoms with Crippen molar-refractivity contribution in [3.8, 4) is 27.8 Å². The zero-order chi connectivity index (χ0) is 49.8. The molecule has 4 aromatic heterocycles. The summed E-state index contributed by atoms with van der Waals surface area (Å²) in [6, 6.07) is 17.1. The number of anilines is 1. The number of carbonyl (C=O) groups excluding carboxylic acids is 4. The number of nitrogens with one attached hydrogen (secondary N) is 3. The highest BCUT2D eigenvalue weighted by molar-refractivity contribution is 7.13. The largest absolute Gasteiger partial charge is 0.490 e. The number of hydrogen-bond acceptors (Lipinski definition) is 16. The molecule has 3 atom stereocenters. The molecular formula is C49H57N9O11S. The van der Waals surface area contributed by atoms with Crippen molar-refractivity contribution in [1.29, 1.82) is 0 Å². The number of oxazole rings is 1. The number of fused-ring (bicyclic) bond motifs is 1. The van der Waals surface area contributed by atoms with Crippen molar-refractivity contribution >= 4 is 51.8 Å². The molecule has 2 aromatic carbocycles. The third-order valence-electron chi connectivity index (χ3n) is 11.2. The fourth-order valence-corrected chi connectivity index (χ4v) is 8.28. The Morgan fingerprint density at radius 1 is 0.914 bits per heavy atom. The van der Waals surface area contributed by atoms with Gasteiger partial charge in [0.1, 0.15) is 41.3 Å². The van der Waals surface area contributed by atoms with E-state index in [1.807, 2.05) is 52.0 Å². The predicted octanol–water partition coefficient (Wildman–Crippen LogP) is 4.30. The number of hydrogen-bond donors (Lipinski definition) is 4. The molecule has 0 spiro atoms. The van der Waals surface area contributed by atoms with Gasteiger partial charge in [-0.3, -0.25) is 24.0 Å². The number of aliphatic hydroxyl groups excluding tert-OH is 1. The zero-order valence-electron chi connectivity index (χ0n) is 39.6. The Morgan fingerprint density at radius 3 is 2.31 bits per heavy atom. The molecule has 1 aliphatic rings. The highest BCUT2D eigenvalue weighted by atomic mass is 32.1. The lowest BCUT2D eigenvalue weighted by Crippen LogP contribution is -2.57. The topological polar surface area (TPSA) is 251 Å². The average molecular weight is 980 g/mol. The maximum atomic E-state index is 13.9. The fourth-order valence-electron chi connectivity index (χ4n) is 7.46. The number of β-amino-alcohol motifs (C(OH)–C–C–N with tert-alkyl or cyclic N) is 1. The van der Waals surface area contributed by atoms with Crippen molar-refractivity contribution in [2.75, 3.05) is 58.1 Å². The Kier molecular flexibility index (Phi) is 17.2. The first-order valence-electron chi connectivity index (χ1n) is 22.8. The van der Waals surface area contributed by atoms with E-state index in [0.29, 0.717) is 41.4 Å². The van der Waals surface area contributed by atoms with E-state index in [2.05, 4.69) is 36.0 Å². The van der Waals surface area contributed by atoms with Crippen LogP contribution in [-0.4, -0.2) is 129 Å². The minimum atomic E-state index is -0.945. The molecule has 0 saturated carbocycles. The van der Waals surface area contributed by atoms with E-state index in [0.717, 1.165) is 21.7 Å². The molecule has 1 fully saturated rings. The highest BCUT2D eigenvalue weighted by Crippen LogP contribution is 2.29. The van der Waals surface area contributed by atoms with Crippen molar-refractivity contribution in [3.05, 3.63) is 106 Å². The van der Waals surface area contributed by atoms with Gasteiger partial charge in [0.05, 0.1) is 68.0 Å². The second-order valence-electron chi connectivity index (χ2n) is 17.6. The van der Waals surface area contributed by atoms with Crippen LogP contribution in [0.5, 0.6) is 5.75 Å². The van der Waals surface area contributed by atoms with E-state index < -0.39 is 35.4 Å². The molecule has 5 heterocycles. The summed E-state index contributed by atoms with van der Waals surface area (Å²) in [5, 5.41) is 23.3. The molecule has 4 amide bonds. The Balaban J connectivity index is 0.737. The van der Waals surface area contributed by atoms with Gasteiger partial charge in [-0.1, -0.05) is 45.0 Å². The Bertz CT molecular complexity index is 2810. The second kappa shape index (κ2) is 23.6. The Hall–Kier alpha value is -6.91. The zero-order valence-corrected chi connectivity index (χ0v) is 40.5. The van der Waals surface area contributed by atoms with Crippen LogP contribution in [0.15, 0.2) is 87.6 Å². The molecule has 0 unspecified atom stereocenters. The molecule has 370 valence electrons. The van der Waals surface area contributed by atoms with E-state index in [1.165, 1.54) is 35.0 Å². The van der Waals surface area contributed by atoms with E-state index in [1.54, 1.807) is 47.2 Å². The number of aryl methyl sites for hydroxylation is 2. The number of pyridine rings is 1. The molecule has 70 heavy (non-hydrogen) atoms.